The van der Waals surface area contributed by atoms with Gasteiger partial charge in [-0.3, -0.25) is 0 Å². The molecule has 3 rings (SSSR count). The number of carbonyl (C=O) groups is 2. The normalized spacial score (nSPS) is 13.3. The summed E-state index contributed by atoms with van der Waals surface area (Å²) in [4.78, 5) is 39.1. The molecule has 0 saturated heterocycles. The number of methoxy groups -OCH3 is 1. The Morgan fingerprint density at radius 2 is 1.73 bits per heavy atom. The lowest BCUT2D eigenvalue weighted by atomic mass is 9.93. The number of aromatic nitrogens is 4. The predicted molar refractivity (Wildman–Crippen MR) is 135 cm³/mol. The van der Waals surface area contributed by atoms with Crippen LogP contribution in [0.5, 0.6) is 0 Å². The van der Waals surface area contributed by atoms with Crippen LogP contribution < -0.4 is 11.5 Å². The summed E-state index contributed by atoms with van der Waals surface area (Å²) >= 11 is 0. The number of esters is 2. The third kappa shape index (κ3) is 6.40. The number of nitrogens with two attached hydrogens (primary N) is 2. The van der Waals surface area contributed by atoms with Crippen LogP contribution in [0.4, 0.5) is 5.82 Å². The molecule has 0 fully saturated rings. The Balaban J connectivity index is 1.86. The zero-order valence-electron chi connectivity index (χ0n) is 21.5. The molecule has 0 aliphatic heterocycles. The van der Waals surface area contributed by atoms with E-state index in [1.54, 1.807) is 55.9 Å². The lowest BCUT2D eigenvalue weighted by Crippen LogP contribution is -2.55. The molecule has 0 radical (unpaired) electrons. The summed E-state index contributed by atoms with van der Waals surface area (Å²) in [6.07, 6.45) is 0.773. The maximum absolute atomic E-state index is 13.2. The van der Waals surface area contributed by atoms with E-state index in [-0.39, 0.29) is 38.6 Å². The molecule has 4 N–H and O–H groups in total. The van der Waals surface area contributed by atoms with E-state index in [9.17, 15) is 9.59 Å². The summed E-state index contributed by atoms with van der Waals surface area (Å²) < 4.78 is 23.9. The Hall–Kier alpha value is -3.61. The third-order valence-corrected chi connectivity index (χ3v) is 5.79. The zero-order chi connectivity index (χ0) is 27.0. The third-order valence-electron chi connectivity index (χ3n) is 5.79. The second kappa shape index (κ2) is 12.6. The molecule has 0 amide bonds. The number of carbonyl (C=O) groups excluding carboxylic acids is 2. The van der Waals surface area contributed by atoms with Gasteiger partial charge in [-0.2, -0.15) is 0 Å². The van der Waals surface area contributed by atoms with Crippen molar-refractivity contribution in [2.24, 2.45) is 5.73 Å². The highest BCUT2D eigenvalue weighted by Gasteiger charge is 2.51. The lowest BCUT2D eigenvalue weighted by molar-refractivity contribution is -0.195. The number of nitrogen functional groups attached to an aromatic ring is 1. The maximum Gasteiger partial charge on any atom is 0.350 e. The summed E-state index contributed by atoms with van der Waals surface area (Å²) in [5.74, 6) is -0.912. The first kappa shape index (κ1) is 28.0. The molecule has 2 unspecified atom stereocenters. The van der Waals surface area contributed by atoms with Crippen molar-refractivity contribution < 1.29 is 28.5 Å². The van der Waals surface area contributed by atoms with Crippen LogP contribution in [0.15, 0.2) is 36.7 Å². The minimum atomic E-state index is -2.04. The molecule has 0 saturated carbocycles. The van der Waals surface area contributed by atoms with Crippen LogP contribution in [-0.4, -0.2) is 76.1 Å². The van der Waals surface area contributed by atoms with Crippen molar-refractivity contribution in [1.29, 1.82) is 0 Å². The molecule has 12 heteroatoms. The molecule has 37 heavy (non-hydrogen) atoms. The van der Waals surface area contributed by atoms with Gasteiger partial charge >= 0.3 is 11.9 Å². The fraction of sp³-hybridized carbons (Fsp3) is 0.480. The van der Waals surface area contributed by atoms with E-state index in [4.69, 9.17) is 30.4 Å². The van der Waals surface area contributed by atoms with Crippen LogP contribution in [-0.2, 0) is 41.5 Å². The Morgan fingerprint density at radius 3 is 2.32 bits per heavy atom. The molecule has 0 spiro atoms. The highest BCUT2D eigenvalue weighted by Crippen LogP contribution is 2.24. The van der Waals surface area contributed by atoms with Gasteiger partial charge in [0, 0.05) is 20.1 Å². The van der Waals surface area contributed by atoms with Gasteiger partial charge in [0.1, 0.15) is 11.3 Å². The maximum atomic E-state index is 13.2. The highest BCUT2D eigenvalue weighted by molar-refractivity contribution is 6.04. The molecule has 2 heterocycles. The van der Waals surface area contributed by atoms with Gasteiger partial charge < -0.3 is 35.0 Å². The standard InChI is InChI=1S/C25H34N6O6/c1-5-35-23(32)25(24(33)36-6-2,12-17-10-8-7-9-11-17)37-14-19(34-4)18(26)13-31-15-28-20-21(27)29-16(3)30-22(20)31/h7-11,15,18-19H,5-6,12-14,26H2,1-4H3,(H2,27,29,30). The second-order valence-electron chi connectivity index (χ2n) is 8.40. The van der Waals surface area contributed by atoms with Gasteiger partial charge in [0.2, 0.25) is 0 Å². The largest absolute Gasteiger partial charge is 0.463 e. The minimum Gasteiger partial charge on any atom is -0.463 e. The van der Waals surface area contributed by atoms with Crippen molar-refractivity contribution >= 4 is 28.9 Å². The fourth-order valence-corrected chi connectivity index (χ4v) is 3.92. The smallest absolute Gasteiger partial charge is 0.350 e. The van der Waals surface area contributed by atoms with Crippen molar-refractivity contribution in [3.63, 3.8) is 0 Å². The summed E-state index contributed by atoms with van der Waals surface area (Å²) in [5, 5.41) is 0. The van der Waals surface area contributed by atoms with E-state index in [1.807, 2.05) is 6.07 Å². The van der Waals surface area contributed by atoms with Crippen LogP contribution in [0.1, 0.15) is 25.2 Å². The number of aryl methyl sites for hydroxylation is 1. The van der Waals surface area contributed by atoms with E-state index >= 15 is 0 Å². The summed E-state index contributed by atoms with van der Waals surface area (Å²) in [6, 6.07) is 8.39. The number of hydrogen-bond acceptors (Lipinski definition) is 11. The number of rotatable bonds is 13. The minimum absolute atomic E-state index is 0.0590. The van der Waals surface area contributed by atoms with Crippen LogP contribution >= 0.6 is 0 Å². The van der Waals surface area contributed by atoms with Crippen LogP contribution in [0.3, 0.4) is 0 Å². The lowest BCUT2D eigenvalue weighted by Gasteiger charge is -2.32. The van der Waals surface area contributed by atoms with Gasteiger partial charge in [0.15, 0.2) is 11.5 Å². The Labute approximate surface area is 215 Å². The number of ether oxygens (including phenoxy) is 4. The van der Waals surface area contributed by atoms with Gasteiger partial charge in [0.05, 0.1) is 38.3 Å². The average Bonchev–Trinajstić information content (AvgIpc) is 3.27. The van der Waals surface area contributed by atoms with Gasteiger partial charge in [-0.05, 0) is 26.3 Å². The van der Waals surface area contributed by atoms with Gasteiger partial charge in [0.25, 0.3) is 5.60 Å². The molecule has 2 aromatic heterocycles. The molecule has 0 aliphatic rings. The van der Waals surface area contributed by atoms with E-state index in [0.29, 0.717) is 22.6 Å². The molecule has 0 aliphatic carbocycles. The highest BCUT2D eigenvalue weighted by atomic mass is 16.6. The quantitative estimate of drug-likeness (QED) is 0.248. The van der Waals surface area contributed by atoms with Crippen molar-refractivity contribution in [3.8, 4) is 0 Å². The van der Waals surface area contributed by atoms with E-state index in [2.05, 4.69) is 15.0 Å². The molecule has 1 aromatic carbocycles. The van der Waals surface area contributed by atoms with Crippen LogP contribution in [0.25, 0.3) is 11.2 Å². The van der Waals surface area contributed by atoms with Crippen molar-refractivity contribution in [1.82, 2.24) is 19.5 Å². The summed E-state index contributed by atoms with van der Waals surface area (Å²) in [6.45, 7) is 5.21. The van der Waals surface area contributed by atoms with Crippen molar-refractivity contribution in [2.45, 2.75) is 51.5 Å². The fourth-order valence-electron chi connectivity index (χ4n) is 3.92. The van der Waals surface area contributed by atoms with Crippen molar-refractivity contribution in [2.75, 3.05) is 32.7 Å². The number of benzene rings is 1. The number of fused-ring (bicyclic) bond motifs is 1. The first-order chi connectivity index (χ1) is 17.7. The Morgan fingerprint density at radius 1 is 1.08 bits per heavy atom. The number of nitrogens with zero attached hydrogens (tertiary/aromatic N) is 4. The van der Waals surface area contributed by atoms with Gasteiger partial charge in [-0.1, -0.05) is 30.3 Å². The molecule has 200 valence electrons. The van der Waals surface area contributed by atoms with Crippen molar-refractivity contribution in [3.05, 3.63) is 48.0 Å². The van der Waals surface area contributed by atoms with Crippen LogP contribution in [0, 0.1) is 6.92 Å². The summed E-state index contributed by atoms with van der Waals surface area (Å²) in [7, 11) is 1.47. The predicted octanol–water partition coefficient (Wildman–Crippen LogP) is 1.18. The summed E-state index contributed by atoms with van der Waals surface area (Å²) in [5.41, 5.74) is 12.1. The Kier molecular flexibility index (Phi) is 9.50. The average molecular weight is 515 g/mol. The second-order valence-corrected chi connectivity index (χ2v) is 8.40. The number of imidazole rings is 1. The topological polar surface area (TPSA) is 167 Å². The van der Waals surface area contributed by atoms with E-state index < -0.39 is 29.7 Å². The molecule has 12 nitrogen and oxygen atoms in total. The number of anilines is 1. The zero-order valence-corrected chi connectivity index (χ0v) is 21.5. The number of hydrogen-bond donors (Lipinski definition) is 2. The first-order valence-electron chi connectivity index (χ1n) is 12.0. The SMILES string of the molecule is CCOC(=O)C(Cc1ccccc1)(OCC(OC)C(N)Cn1cnc2c(N)nc(C)nc21)C(=O)OCC. The van der Waals surface area contributed by atoms with Gasteiger partial charge in [-0.15, -0.1) is 0 Å². The molecule has 0 bridgehead atoms. The monoisotopic (exact) mass is 514 g/mol. The van der Waals surface area contributed by atoms with Gasteiger partial charge in [-0.25, -0.2) is 24.5 Å². The molecule has 2 atom stereocenters. The molecular formula is C25H34N6O6. The molecule has 3 aromatic rings. The van der Waals surface area contributed by atoms with E-state index in [0.717, 1.165) is 0 Å². The van der Waals surface area contributed by atoms with E-state index in [1.165, 1.54) is 7.11 Å². The molecular weight excluding hydrogens is 480 g/mol. The first-order valence-corrected chi connectivity index (χ1v) is 12.0. The Bertz CT molecular complexity index is 1180. The van der Waals surface area contributed by atoms with Crippen LogP contribution in [0.2, 0.25) is 0 Å².